The Morgan fingerprint density at radius 2 is 1.78 bits per heavy atom. The molecule has 1 amide bonds. The number of carbonyl (C=O) groups excluding carboxylic acids is 1. The van der Waals surface area contributed by atoms with Crippen LogP contribution in [0, 0.1) is 5.82 Å². The fraction of sp³-hybridized carbons (Fsp3) is 0.316. The maximum Gasteiger partial charge on any atom is 0.258 e. The lowest BCUT2D eigenvalue weighted by Gasteiger charge is -2.13. The minimum Gasteiger partial charge on any atom is -0.497 e. The van der Waals surface area contributed by atoms with Gasteiger partial charge in [0.2, 0.25) is 10.0 Å². The first-order valence-corrected chi connectivity index (χ1v) is 10.1. The van der Waals surface area contributed by atoms with Gasteiger partial charge in [-0.1, -0.05) is 12.8 Å². The van der Waals surface area contributed by atoms with E-state index in [1.165, 1.54) is 43.5 Å². The number of benzene rings is 2. The molecule has 6 nitrogen and oxygen atoms in total. The van der Waals surface area contributed by atoms with Gasteiger partial charge < -0.3 is 10.1 Å². The quantitative estimate of drug-likeness (QED) is 0.790. The number of amides is 1. The van der Waals surface area contributed by atoms with Crippen LogP contribution in [-0.4, -0.2) is 27.5 Å². The Morgan fingerprint density at radius 1 is 1.11 bits per heavy atom. The summed E-state index contributed by atoms with van der Waals surface area (Å²) in [5.41, 5.74) is 0.241. The van der Waals surface area contributed by atoms with E-state index in [1.807, 2.05) is 0 Å². The molecular weight excluding hydrogens is 371 g/mol. The minimum atomic E-state index is -3.59. The molecule has 3 rings (SSSR count). The van der Waals surface area contributed by atoms with Gasteiger partial charge in [-0.15, -0.1) is 0 Å². The number of methoxy groups -OCH3 is 1. The molecule has 0 spiro atoms. The van der Waals surface area contributed by atoms with E-state index in [0.717, 1.165) is 31.7 Å². The first-order chi connectivity index (χ1) is 12.9. The summed E-state index contributed by atoms with van der Waals surface area (Å²) < 4.78 is 46.4. The summed E-state index contributed by atoms with van der Waals surface area (Å²) >= 11 is 0. The molecule has 1 saturated carbocycles. The van der Waals surface area contributed by atoms with Crippen LogP contribution in [0.3, 0.4) is 0 Å². The molecular formula is C19H21FN2O4S. The van der Waals surface area contributed by atoms with E-state index in [2.05, 4.69) is 10.0 Å². The number of nitrogens with one attached hydrogen (secondary N) is 2. The van der Waals surface area contributed by atoms with Crippen molar-refractivity contribution in [3.63, 3.8) is 0 Å². The van der Waals surface area contributed by atoms with Crippen molar-refractivity contribution in [3.8, 4) is 5.75 Å². The first-order valence-electron chi connectivity index (χ1n) is 8.66. The first kappa shape index (κ1) is 19.3. The highest BCUT2D eigenvalue weighted by Crippen LogP contribution is 2.22. The third-order valence-electron chi connectivity index (χ3n) is 4.52. The Bertz CT molecular complexity index is 923. The van der Waals surface area contributed by atoms with Crippen LogP contribution in [0.25, 0.3) is 0 Å². The van der Waals surface area contributed by atoms with Crippen molar-refractivity contribution >= 4 is 21.6 Å². The zero-order valence-electron chi connectivity index (χ0n) is 14.9. The highest BCUT2D eigenvalue weighted by Gasteiger charge is 2.23. The molecule has 1 fully saturated rings. The Labute approximate surface area is 157 Å². The summed E-state index contributed by atoms with van der Waals surface area (Å²) in [6, 6.07) is 9.70. The number of carbonyl (C=O) groups is 1. The Hall–Kier alpha value is -2.45. The van der Waals surface area contributed by atoms with E-state index in [-0.39, 0.29) is 16.5 Å². The molecule has 0 unspecified atom stereocenters. The molecule has 0 radical (unpaired) electrons. The normalized spacial score (nSPS) is 14.9. The standard InChI is InChI=1S/C19H21FN2O4S/c1-26-15-8-11-17(18(20)12-15)19(23)21-13-6-9-16(10-7-13)27(24,25)22-14-4-2-3-5-14/h6-12,14,22H,2-5H2,1H3,(H,21,23). The predicted molar refractivity (Wildman–Crippen MR) is 99.9 cm³/mol. The van der Waals surface area contributed by atoms with Crippen LogP contribution in [-0.2, 0) is 10.0 Å². The van der Waals surface area contributed by atoms with Crippen molar-refractivity contribution in [2.45, 2.75) is 36.6 Å². The molecule has 27 heavy (non-hydrogen) atoms. The third-order valence-corrected chi connectivity index (χ3v) is 6.06. The summed E-state index contributed by atoms with van der Waals surface area (Å²) in [6.45, 7) is 0. The number of ether oxygens (including phenoxy) is 1. The van der Waals surface area contributed by atoms with Crippen LogP contribution >= 0.6 is 0 Å². The molecule has 0 atom stereocenters. The number of hydrogen-bond donors (Lipinski definition) is 2. The smallest absolute Gasteiger partial charge is 0.258 e. The summed E-state index contributed by atoms with van der Waals surface area (Å²) in [5.74, 6) is -1.02. The van der Waals surface area contributed by atoms with Gasteiger partial charge in [0.1, 0.15) is 11.6 Å². The van der Waals surface area contributed by atoms with Crippen molar-refractivity contribution in [3.05, 3.63) is 53.8 Å². The largest absolute Gasteiger partial charge is 0.497 e. The Morgan fingerprint density at radius 3 is 2.37 bits per heavy atom. The lowest BCUT2D eigenvalue weighted by Crippen LogP contribution is -2.32. The molecule has 1 aliphatic rings. The van der Waals surface area contributed by atoms with Crippen LogP contribution < -0.4 is 14.8 Å². The van der Waals surface area contributed by atoms with Crippen molar-refractivity contribution in [2.75, 3.05) is 12.4 Å². The fourth-order valence-corrected chi connectivity index (χ4v) is 4.36. The van der Waals surface area contributed by atoms with E-state index in [9.17, 15) is 17.6 Å². The van der Waals surface area contributed by atoms with Crippen LogP contribution in [0.2, 0.25) is 0 Å². The van der Waals surface area contributed by atoms with Crippen molar-refractivity contribution in [1.82, 2.24) is 4.72 Å². The molecule has 0 aliphatic heterocycles. The van der Waals surface area contributed by atoms with E-state index < -0.39 is 21.7 Å². The van der Waals surface area contributed by atoms with Crippen LogP contribution in [0.4, 0.5) is 10.1 Å². The molecule has 0 aromatic heterocycles. The zero-order valence-corrected chi connectivity index (χ0v) is 15.7. The molecule has 2 aromatic carbocycles. The third kappa shape index (κ3) is 4.64. The lowest BCUT2D eigenvalue weighted by atomic mass is 10.2. The van der Waals surface area contributed by atoms with Crippen molar-refractivity contribution < 1.29 is 22.3 Å². The maximum absolute atomic E-state index is 14.0. The summed E-state index contributed by atoms with van der Waals surface area (Å²) in [6.07, 6.45) is 3.75. The van der Waals surface area contributed by atoms with E-state index in [1.54, 1.807) is 0 Å². The van der Waals surface area contributed by atoms with Crippen molar-refractivity contribution in [2.24, 2.45) is 0 Å². The van der Waals surface area contributed by atoms with E-state index in [4.69, 9.17) is 4.74 Å². The van der Waals surface area contributed by atoms with Gasteiger partial charge in [0.25, 0.3) is 5.91 Å². The summed E-state index contributed by atoms with van der Waals surface area (Å²) in [4.78, 5) is 12.4. The highest BCUT2D eigenvalue weighted by atomic mass is 32.2. The topological polar surface area (TPSA) is 84.5 Å². The number of sulfonamides is 1. The molecule has 144 valence electrons. The second-order valence-electron chi connectivity index (χ2n) is 6.43. The molecule has 1 aliphatic carbocycles. The molecule has 0 saturated heterocycles. The van der Waals surface area contributed by atoms with Crippen molar-refractivity contribution in [1.29, 1.82) is 0 Å². The monoisotopic (exact) mass is 392 g/mol. The van der Waals surface area contributed by atoms with Crippen LogP contribution in [0.1, 0.15) is 36.0 Å². The fourth-order valence-electron chi connectivity index (χ4n) is 3.05. The van der Waals surface area contributed by atoms with Gasteiger partial charge in [0.05, 0.1) is 17.6 Å². The van der Waals surface area contributed by atoms with Gasteiger partial charge in [0, 0.05) is 17.8 Å². The second-order valence-corrected chi connectivity index (χ2v) is 8.14. The second kappa shape index (κ2) is 8.06. The van der Waals surface area contributed by atoms with Gasteiger partial charge in [-0.25, -0.2) is 17.5 Å². The van der Waals surface area contributed by atoms with Crippen LogP contribution in [0.5, 0.6) is 5.75 Å². The molecule has 0 heterocycles. The van der Waals surface area contributed by atoms with Gasteiger partial charge >= 0.3 is 0 Å². The lowest BCUT2D eigenvalue weighted by molar-refractivity contribution is 0.102. The average Bonchev–Trinajstić information content (AvgIpc) is 3.14. The van der Waals surface area contributed by atoms with Crippen LogP contribution in [0.15, 0.2) is 47.4 Å². The number of hydrogen-bond acceptors (Lipinski definition) is 4. The summed E-state index contributed by atoms with van der Waals surface area (Å²) in [5, 5.41) is 2.55. The minimum absolute atomic E-state index is 0.0209. The summed E-state index contributed by atoms with van der Waals surface area (Å²) in [7, 11) is -2.18. The Kier molecular flexibility index (Phi) is 5.76. The van der Waals surface area contributed by atoms with Gasteiger partial charge in [-0.05, 0) is 49.2 Å². The van der Waals surface area contributed by atoms with Gasteiger partial charge in [0.15, 0.2) is 0 Å². The average molecular weight is 392 g/mol. The molecule has 2 aromatic rings. The SMILES string of the molecule is COc1ccc(C(=O)Nc2ccc(S(=O)(=O)NC3CCCC3)cc2)c(F)c1. The maximum atomic E-state index is 14.0. The number of rotatable bonds is 6. The van der Waals surface area contributed by atoms with Gasteiger partial charge in [-0.2, -0.15) is 0 Å². The number of halogens is 1. The molecule has 0 bridgehead atoms. The predicted octanol–water partition coefficient (Wildman–Crippen LogP) is 3.31. The zero-order chi connectivity index (χ0) is 19.4. The van der Waals surface area contributed by atoms with E-state index >= 15 is 0 Å². The Balaban J connectivity index is 1.69. The highest BCUT2D eigenvalue weighted by molar-refractivity contribution is 7.89. The van der Waals surface area contributed by atoms with Gasteiger partial charge in [-0.3, -0.25) is 4.79 Å². The molecule has 2 N–H and O–H groups in total. The number of anilines is 1. The van der Waals surface area contributed by atoms with E-state index in [0.29, 0.717) is 11.4 Å². The molecule has 8 heteroatoms.